The minimum atomic E-state index is -0.828. The summed E-state index contributed by atoms with van der Waals surface area (Å²) in [4.78, 5) is 29.7. The molecule has 0 bridgehead atoms. The molecule has 1 aliphatic heterocycles. The first kappa shape index (κ1) is 30.5. The molecule has 2 amide bonds. The molecule has 42 heavy (non-hydrogen) atoms. The zero-order valence-corrected chi connectivity index (χ0v) is 24.5. The van der Waals surface area contributed by atoms with E-state index in [1.54, 1.807) is 4.90 Å². The lowest BCUT2D eigenvalue weighted by Gasteiger charge is -2.43. The predicted molar refractivity (Wildman–Crippen MR) is 168 cm³/mol. The maximum Gasteiger partial charge on any atom is 0.241 e. The van der Waals surface area contributed by atoms with Gasteiger partial charge in [0, 0.05) is 20.8 Å². The summed E-state index contributed by atoms with van der Waals surface area (Å²) in [6, 6.07) is 30.2. The molecule has 0 aromatic heterocycles. The fourth-order valence-corrected chi connectivity index (χ4v) is 6.05. The highest BCUT2D eigenvalue weighted by Gasteiger charge is 2.45. The predicted octanol–water partition coefficient (Wildman–Crippen LogP) is 3.16. The number of benzene rings is 3. The van der Waals surface area contributed by atoms with E-state index in [9.17, 15) is 9.59 Å². The van der Waals surface area contributed by atoms with Crippen molar-refractivity contribution in [2.24, 2.45) is 21.7 Å². The Morgan fingerprint density at radius 3 is 1.83 bits per heavy atom. The number of piperidine rings is 1. The Kier molecular flexibility index (Phi) is 9.75. The summed E-state index contributed by atoms with van der Waals surface area (Å²) in [6.07, 6.45) is 2.03. The minimum Gasteiger partial charge on any atom is -0.385 e. The fourth-order valence-electron chi connectivity index (χ4n) is 6.05. The number of hydrogen-bond donors (Lipinski definition) is 2. The van der Waals surface area contributed by atoms with E-state index < -0.39 is 16.7 Å². The summed E-state index contributed by atoms with van der Waals surface area (Å²) >= 11 is 0. The van der Waals surface area contributed by atoms with Crippen molar-refractivity contribution in [3.8, 4) is 0 Å². The lowest BCUT2D eigenvalue weighted by Crippen LogP contribution is -2.52. The molecular weight excluding hydrogens is 526 g/mol. The van der Waals surface area contributed by atoms with Gasteiger partial charge in [-0.3, -0.25) is 9.59 Å². The maximum absolute atomic E-state index is 14.0. The summed E-state index contributed by atoms with van der Waals surface area (Å²) in [7, 11) is 3.64. The number of hydrogen-bond acceptors (Lipinski definition) is 6. The van der Waals surface area contributed by atoms with Gasteiger partial charge < -0.3 is 21.3 Å². The highest BCUT2D eigenvalue weighted by Crippen LogP contribution is 2.40. The van der Waals surface area contributed by atoms with Crippen molar-refractivity contribution in [1.82, 2.24) is 14.9 Å². The van der Waals surface area contributed by atoms with Gasteiger partial charge in [0.25, 0.3) is 0 Å². The molecule has 0 spiro atoms. The van der Waals surface area contributed by atoms with Gasteiger partial charge in [0.05, 0.1) is 5.41 Å². The van der Waals surface area contributed by atoms with Crippen LogP contribution < -0.4 is 11.5 Å². The number of carbonyl (C=O) groups is 2. The Morgan fingerprint density at radius 1 is 0.881 bits per heavy atom. The van der Waals surface area contributed by atoms with Crippen LogP contribution in [0.1, 0.15) is 36.0 Å². The molecule has 1 saturated heterocycles. The number of likely N-dealkylation sites (N-methyl/N-ethyl adjacent to an activating group) is 1. The van der Waals surface area contributed by atoms with Gasteiger partial charge in [-0.1, -0.05) is 91.0 Å². The molecule has 220 valence electrons. The van der Waals surface area contributed by atoms with Gasteiger partial charge in [0.2, 0.25) is 11.8 Å². The van der Waals surface area contributed by atoms with E-state index in [0.717, 1.165) is 34.9 Å². The average Bonchev–Trinajstić information content (AvgIpc) is 3.02. The normalized spacial score (nSPS) is 15.5. The average molecular weight is 568 g/mol. The lowest BCUT2D eigenvalue weighted by molar-refractivity contribution is -0.133. The van der Waals surface area contributed by atoms with E-state index in [-0.39, 0.29) is 12.5 Å². The van der Waals surface area contributed by atoms with Crippen molar-refractivity contribution in [2.45, 2.75) is 30.1 Å². The third kappa shape index (κ3) is 6.36. The number of nitrogens with two attached hydrogens (primary N) is 2. The smallest absolute Gasteiger partial charge is 0.241 e. The molecule has 0 unspecified atom stereocenters. The third-order valence-electron chi connectivity index (χ3n) is 8.32. The van der Waals surface area contributed by atoms with Crippen LogP contribution in [0, 0.1) is 0 Å². The highest BCUT2D eigenvalue weighted by molar-refractivity contribution is 5.92. The molecule has 9 heteroatoms. The van der Waals surface area contributed by atoms with Crippen LogP contribution in [0.5, 0.6) is 0 Å². The highest BCUT2D eigenvalue weighted by atomic mass is 16.2. The number of primary amides is 1. The molecule has 9 nitrogen and oxygen atoms in total. The first-order chi connectivity index (χ1) is 20.2. The number of rotatable bonds is 12. The monoisotopic (exact) mass is 567 g/mol. The Balaban J connectivity index is 1.63. The van der Waals surface area contributed by atoms with E-state index in [1.165, 1.54) is 0 Å². The molecule has 1 fully saturated rings. The topological polar surface area (TPSA) is 121 Å². The number of hydrazone groups is 2. The number of nitrogens with zero attached hydrogens (tertiary/aromatic N) is 5. The van der Waals surface area contributed by atoms with E-state index in [2.05, 4.69) is 34.0 Å². The van der Waals surface area contributed by atoms with Gasteiger partial charge in [-0.05, 0) is 55.6 Å². The van der Waals surface area contributed by atoms with Crippen molar-refractivity contribution in [1.29, 1.82) is 0 Å². The van der Waals surface area contributed by atoms with Gasteiger partial charge in [0.15, 0.2) is 0 Å². The fraction of sp³-hybridized carbons (Fsp3) is 0.333. The van der Waals surface area contributed by atoms with Gasteiger partial charge in [-0.15, -0.1) is 5.10 Å². The van der Waals surface area contributed by atoms with Crippen LogP contribution in [-0.4, -0.2) is 79.6 Å². The second-order valence-electron chi connectivity index (χ2n) is 11.0. The first-order valence-corrected chi connectivity index (χ1v) is 14.2. The van der Waals surface area contributed by atoms with Crippen molar-refractivity contribution in [2.75, 3.05) is 40.3 Å². The van der Waals surface area contributed by atoms with Crippen LogP contribution in [-0.2, 0) is 20.4 Å². The zero-order valence-electron chi connectivity index (χ0n) is 24.5. The second kappa shape index (κ2) is 13.4. The van der Waals surface area contributed by atoms with Crippen LogP contribution in [0.15, 0.2) is 101 Å². The molecule has 4 rings (SSSR count). The summed E-state index contributed by atoms with van der Waals surface area (Å²) in [5.41, 5.74) is 13.7. The van der Waals surface area contributed by atoms with Gasteiger partial charge in [-0.25, -0.2) is 0 Å². The minimum absolute atomic E-state index is 0.0541. The molecule has 0 saturated carbocycles. The summed E-state index contributed by atoms with van der Waals surface area (Å²) in [5, 5.41) is 9.43. The maximum atomic E-state index is 14.0. The van der Waals surface area contributed by atoms with Gasteiger partial charge in [0.1, 0.15) is 17.8 Å². The zero-order chi connectivity index (χ0) is 30.2. The molecule has 0 atom stereocenters. The second-order valence-corrected chi connectivity index (χ2v) is 11.0. The molecule has 3 aromatic rings. The molecule has 4 N–H and O–H groups in total. The molecule has 0 aliphatic carbocycles. The lowest BCUT2D eigenvalue weighted by atomic mass is 9.70. The summed E-state index contributed by atoms with van der Waals surface area (Å²) < 4.78 is 0. The number of carbonyl (C=O) groups excluding carboxylic acids is 2. The quantitative estimate of drug-likeness (QED) is 0.198. The van der Waals surface area contributed by atoms with Crippen molar-refractivity contribution in [3.05, 3.63) is 108 Å². The molecule has 1 heterocycles. The summed E-state index contributed by atoms with van der Waals surface area (Å²) in [5.74, 6) is -0.152. The molecule has 0 radical (unpaired) electrons. The van der Waals surface area contributed by atoms with E-state index >= 15 is 0 Å². The van der Waals surface area contributed by atoms with Gasteiger partial charge >= 0.3 is 0 Å². The van der Waals surface area contributed by atoms with Crippen molar-refractivity contribution >= 4 is 24.4 Å². The number of amidine groups is 1. The standard InChI is InChI=1S/C33H41N7O2/c1-36-40(25-29(34)41)37-30(35)32(26-13-7-4-8-14-26)19-22-39(23-20-32)24-21-33(31(42)38(2)3,27-15-9-5-10-16-27)28-17-11-6-12-18-28/h4-18H,1,19-25H2,2-3H3,(H2,34,41)(H2,35,37). The van der Waals surface area contributed by atoms with Crippen molar-refractivity contribution < 1.29 is 9.59 Å². The molecule has 1 aliphatic rings. The van der Waals surface area contributed by atoms with E-state index in [1.807, 2.05) is 93.0 Å². The molecular formula is C33H41N7O2. The van der Waals surface area contributed by atoms with Crippen LogP contribution in [0.4, 0.5) is 0 Å². The summed E-state index contributed by atoms with van der Waals surface area (Å²) in [6.45, 7) is 5.52. The van der Waals surface area contributed by atoms with E-state index in [0.29, 0.717) is 31.6 Å². The van der Waals surface area contributed by atoms with Gasteiger partial charge in [-0.2, -0.15) is 10.2 Å². The van der Waals surface area contributed by atoms with Crippen LogP contribution in [0.2, 0.25) is 0 Å². The van der Waals surface area contributed by atoms with Crippen LogP contribution >= 0.6 is 0 Å². The largest absolute Gasteiger partial charge is 0.385 e. The van der Waals surface area contributed by atoms with E-state index in [4.69, 9.17) is 11.5 Å². The number of likely N-dealkylation sites (tertiary alicyclic amines) is 1. The Labute approximate surface area is 248 Å². The van der Waals surface area contributed by atoms with Crippen LogP contribution in [0.25, 0.3) is 0 Å². The SMILES string of the molecule is C=NN(CC(N)=O)/N=C(\N)C1(c2ccccc2)CCN(CCC(C(=O)N(C)C)(c2ccccc2)c2ccccc2)CC1. The first-order valence-electron chi connectivity index (χ1n) is 14.2. The number of amides is 2. The third-order valence-corrected chi connectivity index (χ3v) is 8.32. The Hall–Kier alpha value is -4.50. The van der Waals surface area contributed by atoms with Crippen molar-refractivity contribution in [3.63, 3.8) is 0 Å². The Morgan fingerprint density at radius 2 is 1.38 bits per heavy atom. The molecule has 3 aromatic carbocycles. The Bertz CT molecular complexity index is 1330. The van der Waals surface area contributed by atoms with Crippen LogP contribution in [0.3, 0.4) is 0 Å².